The standard InChI is InChI=1S/C10H20N2O/c1-10(2,3)8(11)9(13)12-6-7-4-5-7/h7-8H,4-6,11H2,1-3H3,(H,12,13)/t8-/m1/s1. The van der Waals surface area contributed by atoms with Gasteiger partial charge in [-0.1, -0.05) is 20.8 Å². The Kier molecular flexibility index (Phi) is 2.96. The van der Waals surface area contributed by atoms with Crippen LogP contribution in [-0.2, 0) is 4.79 Å². The SMILES string of the molecule is CC(C)(C)[C@H](N)C(=O)NCC1CC1. The molecule has 1 aliphatic carbocycles. The number of amides is 1. The summed E-state index contributed by atoms with van der Waals surface area (Å²) in [7, 11) is 0. The van der Waals surface area contributed by atoms with Gasteiger partial charge in [0.05, 0.1) is 6.04 Å². The van der Waals surface area contributed by atoms with Gasteiger partial charge in [0.2, 0.25) is 5.91 Å². The highest BCUT2D eigenvalue weighted by Crippen LogP contribution is 2.27. The molecule has 0 spiro atoms. The molecular formula is C10H20N2O. The molecule has 0 aliphatic heterocycles. The topological polar surface area (TPSA) is 55.1 Å². The summed E-state index contributed by atoms with van der Waals surface area (Å²) < 4.78 is 0. The second-order valence-corrected chi connectivity index (χ2v) is 5.03. The second kappa shape index (κ2) is 3.66. The molecule has 1 saturated carbocycles. The van der Waals surface area contributed by atoms with Gasteiger partial charge in [0.15, 0.2) is 0 Å². The van der Waals surface area contributed by atoms with Crippen molar-refractivity contribution in [1.82, 2.24) is 5.32 Å². The molecule has 0 bridgehead atoms. The predicted octanol–water partition coefficient (Wildman–Crippen LogP) is 0.886. The van der Waals surface area contributed by atoms with Crippen LogP contribution >= 0.6 is 0 Å². The van der Waals surface area contributed by atoms with E-state index in [4.69, 9.17) is 5.73 Å². The normalized spacial score (nSPS) is 19.7. The lowest BCUT2D eigenvalue weighted by molar-refractivity contribution is -0.124. The third-order valence-electron chi connectivity index (χ3n) is 2.48. The summed E-state index contributed by atoms with van der Waals surface area (Å²) in [6.07, 6.45) is 2.51. The van der Waals surface area contributed by atoms with Crippen LogP contribution in [-0.4, -0.2) is 18.5 Å². The van der Waals surface area contributed by atoms with Crippen LogP contribution in [0.3, 0.4) is 0 Å². The molecule has 1 fully saturated rings. The maximum atomic E-state index is 11.5. The van der Waals surface area contributed by atoms with Gasteiger partial charge in [-0.15, -0.1) is 0 Å². The molecule has 3 N–H and O–H groups in total. The summed E-state index contributed by atoms with van der Waals surface area (Å²) in [6, 6.07) is -0.397. The van der Waals surface area contributed by atoms with E-state index in [9.17, 15) is 4.79 Å². The molecule has 0 aromatic heterocycles. The minimum atomic E-state index is -0.397. The molecule has 1 amide bonds. The van der Waals surface area contributed by atoms with Crippen molar-refractivity contribution >= 4 is 5.91 Å². The van der Waals surface area contributed by atoms with Crippen molar-refractivity contribution < 1.29 is 4.79 Å². The molecule has 0 saturated heterocycles. The zero-order chi connectivity index (χ0) is 10.1. The van der Waals surface area contributed by atoms with Crippen molar-refractivity contribution in [1.29, 1.82) is 0 Å². The molecule has 13 heavy (non-hydrogen) atoms. The minimum absolute atomic E-state index is 0.0144. The lowest BCUT2D eigenvalue weighted by Gasteiger charge is -2.25. The third-order valence-corrected chi connectivity index (χ3v) is 2.48. The van der Waals surface area contributed by atoms with Gasteiger partial charge in [0.25, 0.3) is 0 Å². The van der Waals surface area contributed by atoms with Crippen molar-refractivity contribution in [2.75, 3.05) is 6.54 Å². The van der Waals surface area contributed by atoms with E-state index in [1.54, 1.807) is 0 Å². The monoisotopic (exact) mass is 184 g/mol. The number of rotatable bonds is 3. The van der Waals surface area contributed by atoms with E-state index in [0.717, 1.165) is 12.5 Å². The van der Waals surface area contributed by atoms with Crippen molar-refractivity contribution in [3.8, 4) is 0 Å². The van der Waals surface area contributed by atoms with Crippen LogP contribution in [0.2, 0.25) is 0 Å². The fraction of sp³-hybridized carbons (Fsp3) is 0.900. The molecule has 0 heterocycles. The number of hydrogen-bond donors (Lipinski definition) is 2. The third kappa shape index (κ3) is 3.35. The van der Waals surface area contributed by atoms with Gasteiger partial charge in [0.1, 0.15) is 0 Å². The zero-order valence-electron chi connectivity index (χ0n) is 8.76. The predicted molar refractivity (Wildman–Crippen MR) is 53.2 cm³/mol. The first kappa shape index (κ1) is 10.5. The highest BCUT2D eigenvalue weighted by Gasteiger charge is 2.29. The molecule has 3 heteroatoms. The van der Waals surface area contributed by atoms with Crippen molar-refractivity contribution in [3.05, 3.63) is 0 Å². The number of nitrogens with two attached hydrogens (primary N) is 1. The van der Waals surface area contributed by atoms with Gasteiger partial charge in [0, 0.05) is 6.54 Å². The van der Waals surface area contributed by atoms with Crippen LogP contribution in [0.15, 0.2) is 0 Å². The first-order valence-electron chi connectivity index (χ1n) is 4.94. The van der Waals surface area contributed by atoms with E-state index in [2.05, 4.69) is 5.32 Å². The largest absolute Gasteiger partial charge is 0.354 e. The Morgan fingerprint density at radius 2 is 2.08 bits per heavy atom. The second-order valence-electron chi connectivity index (χ2n) is 5.03. The van der Waals surface area contributed by atoms with Gasteiger partial charge < -0.3 is 11.1 Å². The van der Waals surface area contributed by atoms with E-state index in [0.29, 0.717) is 0 Å². The summed E-state index contributed by atoms with van der Waals surface area (Å²) >= 11 is 0. The molecule has 1 rings (SSSR count). The van der Waals surface area contributed by atoms with Crippen LogP contribution in [0.1, 0.15) is 33.6 Å². The summed E-state index contributed by atoms with van der Waals surface area (Å²) in [5, 5.41) is 2.89. The smallest absolute Gasteiger partial charge is 0.237 e. The average Bonchev–Trinajstić information content (AvgIpc) is 2.80. The molecule has 1 aliphatic rings. The lowest BCUT2D eigenvalue weighted by atomic mass is 9.87. The number of nitrogens with one attached hydrogen (secondary N) is 1. The molecule has 0 radical (unpaired) electrons. The van der Waals surface area contributed by atoms with E-state index in [1.807, 2.05) is 20.8 Å². The van der Waals surface area contributed by atoms with E-state index in [-0.39, 0.29) is 11.3 Å². The number of carbonyl (C=O) groups is 1. The average molecular weight is 184 g/mol. The molecule has 3 nitrogen and oxygen atoms in total. The van der Waals surface area contributed by atoms with Gasteiger partial charge in [-0.05, 0) is 24.2 Å². The number of carbonyl (C=O) groups excluding carboxylic acids is 1. The van der Waals surface area contributed by atoms with Crippen molar-refractivity contribution in [2.24, 2.45) is 17.1 Å². The molecular weight excluding hydrogens is 164 g/mol. The molecule has 0 unspecified atom stereocenters. The molecule has 76 valence electrons. The maximum Gasteiger partial charge on any atom is 0.237 e. The highest BCUT2D eigenvalue weighted by atomic mass is 16.2. The van der Waals surface area contributed by atoms with Gasteiger partial charge in [-0.3, -0.25) is 4.79 Å². The van der Waals surface area contributed by atoms with Gasteiger partial charge in [-0.2, -0.15) is 0 Å². The quantitative estimate of drug-likeness (QED) is 0.684. The first-order valence-corrected chi connectivity index (χ1v) is 4.94. The van der Waals surface area contributed by atoms with Crippen LogP contribution in [0.25, 0.3) is 0 Å². The Balaban J connectivity index is 2.28. The molecule has 0 aromatic carbocycles. The fourth-order valence-corrected chi connectivity index (χ4v) is 1.07. The van der Waals surface area contributed by atoms with Gasteiger partial charge >= 0.3 is 0 Å². The fourth-order valence-electron chi connectivity index (χ4n) is 1.07. The Labute approximate surface area is 80.1 Å². The van der Waals surface area contributed by atoms with E-state index in [1.165, 1.54) is 12.8 Å². The van der Waals surface area contributed by atoms with Crippen LogP contribution in [0.5, 0.6) is 0 Å². The first-order chi connectivity index (χ1) is 5.91. The van der Waals surface area contributed by atoms with E-state index < -0.39 is 6.04 Å². The minimum Gasteiger partial charge on any atom is -0.354 e. The van der Waals surface area contributed by atoms with Gasteiger partial charge in [-0.25, -0.2) is 0 Å². The van der Waals surface area contributed by atoms with Crippen LogP contribution in [0, 0.1) is 11.3 Å². The van der Waals surface area contributed by atoms with Crippen LogP contribution < -0.4 is 11.1 Å². The Hall–Kier alpha value is -0.570. The Bertz CT molecular complexity index is 192. The molecule has 1 atom stereocenters. The summed E-state index contributed by atoms with van der Waals surface area (Å²) in [4.78, 5) is 11.5. The summed E-state index contributed by atoms with van der Waals surface area (Å²) in [6.45, 7) is 6.75. The lowest BCUT2D eigenvalue weighted by Crippen LogP contribution is -2.49. The highest BCUT2D eigenvalue weighted by molar-refractivity contribution is 5.82. The zero-order valence-corrected chi connectivity index (χ0v) is 8.76. The Morgan fingerprint density at radius 3 is 2.46 bits per heavy atom. The van der Waals surface area contributed by atoms with Crippen molar-refractivity contribution in [2.45, 2.75) is 39.7 Å². The van der Waals surface area contributed by atoms with E-state index >= 15 is 0 Å². The maximum absolute atomic E-state index is 11.5. The number of hydrogen-bond acceptors (Lipinski definition) is 2. The van der Waals surface area contributed by atoms with Crippen LogP contribution in [0.4, 0.5) is 0 Å². The molecule has 0 aromatic rings. The Morgan fingerprint density at radius 1 is 1.54 bits per heavy atom. The summed E-state index contributed by atoms with van der Waals surface area (Å²) in [5.41, 5.74) is 5.64. The summed E-state index contributed by atoms with van der Waals surface area (Å²) in [5.74, 6) is 0.704. The van der Waals surface area contributed by atoms with Crippen molar-refractivity contribution in [3.63, 3.8) is 0 Å².